The van der Waals surface area contributed by atoms with E-state index < -0.39 is 15.6 Å². The Hall–Kier alpha value is -2.29. The zero-order valence-corrected chi connectivity index (χ0v) is 16.4. The Morgan fingerprint density at radius 1 is 0.750 bits per heavy atom. The van der Waals surface area contributed by atoms with Gasteiger partial charge in [0.15, 0.2) is 24.8 Å². The summed E-state index contributed by atoms with van der Waals surface area (Å²) < 4.78 is 58.9. The summed E-state index contributed by atoms with van der Waals surface area (Å²) in [6.45, 7) is 2.20. The highest BCUT2D eigenvalue weighted by Gasteiger charge is 2.37. The third kappa shape index (κ3) is 5.85. The predicted molar refractivity (Wildman–Crippen MR) is 102 cm³/mol. The van der Waals surface area contributed by atoms with Gasteiger partial charge in [-0.15, -0.1) is 0 Å². The van der Waals surface area contributed by atoms with E-state index in [0.29, 0.717) is 0 Å². The summed E-state index contributed by atoms with van der Waals surface area (Å²) in [6, 6.07) is 30.2. The fraction of sp³-hybridized carbons (Fsp3) is 0.100. The quantitative estimate of drug-likeness (QED) is 0.331. The molecule has 0 aromatic heterocycles. The standard InChI is InChI=1S/C19H17S.CHF3O3S/c1-16-10-8-9-15-19(16)20(17-11-4-2-5-12-17)18-13-6-3-7-14-18;2-1(3,4)8(5,6)7/h2-15H,1H3;(H,5,6,7)/q+1;/p-1. The molecule has 0 radical (unpaired) electrons. The van der Waals surface area contributed by atoms with Crippen LogP contribution in [0.25, 0.3) is 0 Å². The molecule has 8 heteroatoms. The largest absolute Gasteiger partial charge is 0.741 e. The van der Waals surface area contributed by atoms with Crippen LogP contribution in [-0.4, -0.2) is 18.5 Å². The molecular formula is C20H17F3O3S2. The summed E-state index contributed by atoms with van der Waals surface area (Å²) in [5.74, 6) is 0. The van der Waals surface area contributed by atoms with Crippen LogP contribution >= 0.6 is 0 Å². The highest BCUT2D eigenvalue weighted by atomic mass is 32.2. The summed E-state index contributed by atoms with van der Waals surface area (Å²) >= 11 is 0. The molecule has 0 heterocycles. The molecule has 0 fully saturated rings. The van der Waals surface area contributed by atoms with Crippen LogP contribution in [0.1, 0.15) is 5.56 Å². The lowest BCUT2D eigenvalue weighted by Gasteiger charge is -2.09. The van der Waals surface area contributed by atoms with Crippen molar-refractivity contribution in [3.05, 3.63) is 90.5 Å². The lowest BCUT2D eigenvalue weighted by atomic mass is 10.2. The number of benzene rings is 3. The van der Waals surface area contributed by atoms with Gasteiger partial charge in [0.25, 0.3) is 0 Å². The molecule has 0 saturated carbocycles. The minimum absolute atomic E-state index is 0.0262. The van der Waals surface area contributed by atoms with Crippen molar-refractivity contribution in [1.82, 2.24) is 0 Å². The van der Waals surface area contributed by atoms with Crippen molar-refractivity contribution >= 4 is 21.0 Å². The van der Waals surface area contributed by atoms with Gasteiger partial charge in [-0.25, -0.2) is 8.42 Å². The van der Waals surface area contributed by atoms with Crippen molar-refractivity contribution in [2.45, 2.75) is 27.1 Å². The zero-order chi connectivity index (χ0) is 20.8. The summed E-state index contributed by atoms with van der Waals surface area (Å²) in [7, 11) is -6.12. The van der Waals surface area contributed by atoms with Crippen LogP contribution < -0.4 is 0 Å². The highest BCUT2D eigenvalue weighted by molar-refractivity contribution is 7.97. The fourth-order valence-electron chi connectivity index (χ4n) is 2.29. The van der Waals surface area contributed by atoms with Gasteiger partial charge < -0.3 is 4.55 Å². The highest BCUT2D eigenvalue weighted by Crippen LogP contribution is 2.32. The molecule has 3 rings (SSSR count). The lowest BCUT2D eigenvalue weighted by Crippen LogP contribution is -2.21. The van der Waals surface area contributed by atoms with Gasteiger partial charge in [0.1, 0.15) is 0 Å². The summed E-state index contributed by atoms with van der Waals surface area (Å²) in [6.07, 6.45) is 0. The zero-order valence-electron chi connectivity index (χ0n) is 14.8. The molecule has 0 bridgehead atoms. The molecule has 3 nitrogen and oxygen atoms in total. The van der Waals surface area contributed by atoms with Crippen LogP contribution in [0.5, 0.6) is 0 Å². The third-order valence-corrected chi connectivity index (χ3v) is 6.51. The SMILES string of the molecule is Cc1ccccc1[S+](c1ccccc1)c1ccccc1.O=S(=O)([O-])C(F)(F)F. The van der Waals surface area contributed by atoms with Crippen molar-refractivity contribution < 1.29 is 26.1 Å². The van der Waals surface area contributed by atoms with E-state index in [1.165, 1.54) is 20.2 Å². The smallest absolute Gasteiger partial charge is 0.485 e. The number of aryl methyl sites for hydroxylation is 1. The minimum atomic E-state index is -6.09. The van der Waals surface area contributed by atoms with Crippen molar-refractivity contribution in [3.63, 3.8) is 0 Å². The first kappa shape index (κ1) is 22.0. The topological polar surface area (TPSA) is 57.2 Å². The summed E-state index contributed by atoms with van der Waals surface area (Å²) in [5.41, 5.74) is -4.30. The summed E-state index contributed by atoms with van der Waals surface area (Å²) in [5, 5.41) is 0. The molecule has 0 atom stereocenters. The maximum absolute atomic E-state index is 10.7. The van der Waals surface area contributed by atoms with E-state index in [2.05, 4.69) is 91.9 Å². The number of hydrogen-bond donors (Lipinski definition) is 0. The first-order chi connectivity index (χ1) is 13.1. The van der Waals surface area contributed by atoms with E-state index in [1.54, 1.807) is 0 Å². The van der Waals surface area contributed by atoms with Gasteiger partial charge in [0.05, 0.1) is 10.9 Å². The van der Waals surface area contributed by atoms with Gasteiger partial charge in [0, 0.05) is 5.56 Å². The van der Waals surface area contributed by atoms with E-state index in [-0.39, 0.29) is 10.9 Å². The monoisotopic (exact) mass is 426 g/mol. The number of alkyl halides is 3. The molecule has 0 amide bonds. The second-order valence-electron chi connectivity index (χ2n) is 5.60. The van der Waals surface area contributed by atoms with Crippen molar-refractivity contribution in [2.75, 3.05) is 0 Å². The molecule has 0 saturated heterocycles. The molecule has 0 spiro atoms. The Bertz CT molecular complexity index is 950. The third-order valence-electron chi connectivity index (χ3n) is 3.55. The Balaban J connectivity index is 0.000000300. The Morgan fingerprint density at radius 2 is 1.11 bits per heavy atom. The van der Waals surface area contributed by atoms with Gasteiger partial charge in [0.2, 0.25) is 0 Å². The Kier molecular flexibility index (Phi) is 7.29. The second kappa shape index (κ2) is 9.27. The molecular weight excluding hydrogens is 409 g/mol. The maximum Gasteiger partial charge on any atom is 0.485 e. The molecule has 3 aromatic rings. The van der Waals surface area contributed by atoms with Crippen LogP contribution in [0.3, 0.4) is 0 Å². The van der Waals surface area contributed by atoms with E-state index in [9.17, 15) is 13.2 Å². The van der Waals surface area contributed by atoms with E-state index in [1.807, 2.05) is 0 Å². The van der Waals surface area contributed by atoms with Crippen LogP contribution in [0.4, 0.5) is 13.2 Å². The molecule has 3 aromatic carbocycles. The molecule has 148 valence electrons. The van der Waals surface area contributed by atoms with Gasteiger partial charge in [-0.2, -0.15) is 13.2 Å². The Labute approximate surface area is 164 Å². The van der Waals surface area contributed by atoms with Crippen molar-refractivity contribution in [2.24, 2.45) is 0 Å². The number of rotatable bonds is 3. The van der Waals surface area contributed by atoms with E-state index in [0.717, 1.165) is 0 Å². The van der Waals surface area contributed by atoms with Gasteiger partial charge in [-0.1, -0.05) is 54.6 Å². The van der Waals surface area contributed by atoms with E-state index in [4.69, 9.17) is 13.0 Å². The first-order valence-corrected chi connectivity index (χ1v) is 10.7. The first-order valence-electron chi connectivity index (χ1n) is 8.03. The second-order valence-corrected chi connectivity index (χ2v) is 8.96. The van der Waals surface area contributed by atoms with Crippen LogP contribution in [-0.2, 0) is 21.0 Å². The number of halogens is 3. The van der Waals surface area contributed by atoms with Crippen LogP contribution in [0.2, 0.25) is 0 Å². The molecule has 0 aliphatic heterocycles. The molecule has 0 N–H and O–H groups in total. The molecule has 0 unspecified atom stereocenters. The molecule has 28 heavy (non-hydrogen) atoms. The average Bonchev–Trinajstić information content (AvgIpc) is 2.64. The van der Waals surface area contributed by atoms with Gasteiger partial charge in [-0.3, -0.25) is 0 Å². The lowest BCUT2D eigenvalue weighted by molar-refractivity contribution is -0.0517. The average molecular weight is 426 g/mol. The molecule has 0 aliphatic rings. The van der Waals surface area contributed by atoms with Gasteiger partial charge >= 0.3 is 5.51 Å². The normalized spacial score (nSPS) is 11.6. The molecule has 0 aliphatic carbocycles. The predicted octanol–water partition coefficient (Wildman–Crippen LogP) is 5.14. The van der Waals surface area contributed by atoms with Gasteiger partial charge in [-0.05, 0) is 37.3 Å². The number of hydrogen-bond acceptors (Lipinski definition) is 3. The van der Waals surface area contributed by atoms with Crippen molar-refractivity contribution in [3.8, 4) is 0 Å². The fourth-order valence-corrected chi connectivity index (χ4v) is 4.53. The van der Waals surface area contributed by atoms with Crippen molar-refractivity contribution in [1.29, 1.82) is 0 Å². The minimum Gasteiger partial charge on any atom is -0.741 e. The maximum atomic E-state index is 10.7. The van der Waals surface area contributed by atoms with Crippen LogP contribution in [0.15, 0.2) is 99.6 Å². The van der Waals surface area contributed by atoms with Crippen LogP contribution in [0, 0.1) is 6.92 Å². The van der Waals surface area contributed by atoms with E-state index >= 15 is 0 Å². The summed E-state index contributed by atoms with van der Waals surface area (Å²) in [4.78, 5) is 4.14. The Morgan fingerprint density at radius 3 is 1.46 bits per heavy atom.